The van der Waals surface area contributed by atoms with E-state index in [2.05, 4.69) is 20.4 Å². The van der Waals surface area contributed by atoms with Crippen LogP contribution in [0, 0.1) is 12.3 Å². The summed E-state index contributed by atoms with van der Waals surface area (Å²) in [5.74, 6) is -0.765. The lowest BCUT2D eigenvalue weighted by molar-refractivity contribution is -0.198. The van der Waals surface area contributed by atoms with Gasteiger partial charge in [0.1, 0.15) is 18.5 Å². The summed E-state index contributed by atoms with van der Waals surface area (Å²) in [4.78, 5) is 38.2. The predicted octanol–water partition coefficient (Wildman–Crippen LogP) is 6.17. The van der Waals surface area contributed by atoms with E-state index in [-0.39, 0.29) is 42.8 Å². The monoisotopic (exact) mass is 774 g/mol. The highest BCUT2D eigenvalue weighted by Crippen LogP contribution is 2.45. The number of halogens is 3. The van der Waals surface area contributed by atoms with Crippen LogP contribution in [0.5, 0.6) is 5.88 Å². The maximum atomic E-state index is 15.0. The number of piperidine rings is 1. The van der Waals surface area contributed by atoms with E-state index in [0.29, 0.717) is 50.4 Å². The molecule has 3 N–H and O–H groups in total. The number of likely N-dealkylation sites (tertiary alicyclic amines) is 1. The second-order valence-corrected chi connectivity index (χ2v) is 14.4. The van der Waals surface area contributed by atoms with Crippen LogP contribution in [-0.2, 0) is 20.9 Å². The Hall–Kier alpha value is -5.64. The van der Waals surface area contributed by atoms with Gasteiger partial charge in [-0.15, -0.1) is 0 Å². The highest BCUT2D eigenvalue weighted by atomic mass is 19.4. The summed E-state index contributed by atoms with van der Waals surface area (Å²) in [5.41, 5.74) is 9.07. The summed E-state index contributed by atoms with van der Waals surface area (Å²) in [6.07, 6.45) is -1.94. The molecule has 16 heteroatoms. The van der Waals surface area contributed by atoms with E-state index in [1.54, 1.807) is 38.2 Å². The number of ether oxygens (including phenoxy) is 3. The van der Waals surface area contributed by atoms with E-state index in [9.17, 15) is 9.59 Å². The normalized spacial score (nSPS) is 18.7. The molecule has 2 atom stereocenters. The van der Waals surface area contributed by atoms with Gasteiger partial charge in [0.05, 0.1) is 18.0 Å². The molecule has 0 aliphatic carbocycles. The SMILES string of the molecule is CCOC(=O)C1CC2(CCN(c3cc(O[C@H](c4ccc(C5=CCNCC5)cc4-n4ccc(C)n4)C(F)(F)F)nc(N)n3)CC2)CN1C(=O)OCc1ccccc1. The van der Waals surface area contributed by atoms with Crippen molar-refractivity contribution in [2.75, 3.05) is 50.0 Å². The van der Waals surface area contributed by atoms with Crippen molar-refractivity contribution >= 4 is 29.4 Å². The minimum Gasteiger partial charge on any atom is -0.464 e. The quantitative estimate of drug-likeness (QED) is 0.178. The van der Waals surface area contributed by atoms with Gasteiger partial charge in [-0.05, 0) is 80.3 Å². The van der Waals surface area contributed by atoms with Crippen LogP contribution in [0.3, 0.4) is 0 Å². The van der Waals surface area contributed by atoms with Gasteiger partial charge < -0.3 is 30.2 Å². The van der Waals surface area contributed by atoms with E-state index >= 15 is 13.2 Å². The number of rotatable bonds is 10. The fourth-order valence-electron chi connectivity index (χ4n) is 7.75. The molecule has 56 heavy (non-hydrogen) atoms. The first kappa shape index (κ1) is 38.6. The summed E-state index contributed by atoms with van der Waals surface area (Å²) >= 11 is 0. The Morgan fingerprint density at radius 1 is 1.05 bits per heavy atom. The lowest BCUT2D eigenvalue weighted by Crippen LogP contribution is -2.43. The van der Waals surface area contributed by atoms with Crippen LogP contribution in [0.1, 0.15) is 61.1 Å². The predicted molar refractivity (Wildman–Crippen MR) is 202 cm³/mol. The van der Waals surface area contributed by atoms with Crippen molar-refractivity contribution in [3.63, 3.8) is 0 Å². The summed E-state index contributed by atoms with van der Waals surface area (Å²) in [6.45, 7) is 6.30. The minimum atomic E-state index is -4.84. The van der Waals surface area contributed by atoms with Gasteiger partial charge in [0.2, 0.25) is 17.9 Å². The molecule has 7 rings (SSSR count). The lowest BCUT2D eigenvalue weighted by Gasteiger charge is -2.39. The number of aryl methyl sites for hydroxylation is 1. The Morgan fingerprint density at radius 2 is 1.84 bits per heavy atom. The van der Waals surface area contributed by atoms with Crippen LogP contribution in [-0.4, -0.2) is 88.3 Å². The molecular formula is C40H45F3N8O5. The molecule has 1 spiro atoms. The van der Waals surface area contributed by atoms with Gasteiger partial charge in [-0.3, -0.25) is 4.90 Å². The number of anilines is 2. The summed E-state index contributed by atoms with van der Waals surface area (Å²) in [6, 6.07) is 16.4. The number of nitrogens with two attached hydrogens (primary N) is 1. The zero-order valence-corrected chi connectivity index (χ0v) is 31.3. The minimum absolute atomic E-state index is 0.0625. The van der Waals surface area contributed by atoms with Crippen LogP contribution in [0.2, 0.25) is 0 Å². The maximum absolute atomic E-state index is 15.0. The van der Waals surface area contributed by atoms with Crippen molar-refractivity contribution in [1.29, 1.82) is 0 Å². The number of carbonyl (C=O) groups is 2. The summed E-state index contributed by atoms with van der Waals surface area (Å²) < 4.78 is 63.1. The van der Waals surface area contributed by atoms with Gasteiger partial charge in [-0.2, -0.15) is 28.2 Å². The molecule has 2 fully saturated rings. The third kappa shape index (κ3) is 8.59. The summed E-state index contributed by atoms with van der Waals surface area (Å²) in [7, 11) is 0. The topological polar surface area (TPSA) is 150 Å². The third-order valence-corrected chi connectivity index (χ3v) is 10.6. The van der Waals surface area contributed by atoms with Crippen molar-refractivity contribution in [2.45, 2.75) is 64.5 Å². The van der Waals surface area contributed by atoms with Crippen molar-refractivity contribution < 1.29 is 37.0 Å². The first-order chi connectivity index (χ1) is 26.9. The van der Waals surface area contributed by atoms with Crippen molar-refractivity contribution in [3.05, 3.63) is 95.3 Å². The number of nitrogen functional groups attached to an aromatic ring is 1. The largest absolute Gasteiger partial charge is 0.464 e. The number of alkyl halides is 3. The van der Waals surface area contributed by atoms with E-state index in [1.165, 1.54) is 21.7 Å². The van der Waals surface area contributed by atoms with Crippen LogP contribution >= 0.6 is 0 Å². The molecule has 0 bridgehead atoms. The molecule has 4 aromatic rings. The fraction of sp³-hybridized carbons (Fsp3) is 0.425. The van der Waals surface area contributed by atoms with Crippen LogP contribution in [0.15, 0.2) is 72.9 Å². The number of aromatic nitrogens is 4. The molecule has 1 unspecified atom stereocenters. The van der Waals surface area contributed by atoms with Crippen molar-refractivity contribution in [3.8, 4) is 11.6 Å². The fourth-order valence-corrected chi connectivity index (χ4v) is 7.75. The Bertz CT molecular complexity index is 2070. The molecule has 13 nitrogen and oxygen atoms in total. The van der Waals surface area contributed by atoms with Crippen LogP contribution in [0.4, 0.5) is 29.7 Å². The molecule has 3 aliphatic rings. The van der Waals surface area contributed by atoms with Gasteiger partial charge in [0.15, 0.2) is 0 Å². The van der Waals surface area contributed by atoms with Gasteiger partial charge in [0.25, 0.3) is 0 Å². The van der Waals surface area contributed by atoms with E-state index in [4.69, 9.17) is 19.9 Å². The molecule has 296 valence electrons. The van der Waals surface area contributed by atoms with Gasteiger partial charge in [0, 0.05) is 44.0 Å². The number of carbonyl (C=O) groups excluding carboxylic acids is 2. The van der Waals surface area contributed by atoms with E-state index < -0.39 is 35.8 Å². The average molecular weight is 775 g/mol. The number of esters is 1. The molecule has 2 saturated heterocycles. The molecule has 5 heterocycles. The Kier molecular flexibility index (Phi) is 11.2. The van der Waals surface area contributed by atoms with Crippen LogP contribution in [0.25, 0.3) is 11.3 Å². The van der Waals surface area contributed by atoms with Gasteiger partial charge >= 0.3 is 18.2 Å². The smallest absolute Gasteiger partial charge is 0.429 e. The summed E-state index contributed by atoms with van der Waals surface area (Å²) in [5, 5.41) is 7.69. The molecule has 2 aromatic heterocycles. The Balaban J connectivity index is 1.10. The average Bonchev–Trinajstić information content (AvgIpc) is 3.80. The molecule has 0 radical (unpaired) electrons. The highest BCUT2D eigenvalue weighted by molar-refractivity contribution is 5.82. The number of hydrogen-bond donors (Lipinski definition) is 2. The zero-order chi connectivity index (χ0) is 39.5. The number of nitrogens with zero attached hydrogens (tertiary/aromatic N) is 6. The first-order valence-electron chi connectivity index (χ1n) is 18.7. The third-order valence-electron chi connectivity index (χ3n) is 10.6. The maximum Gasteiger partial charge on any atom is 0.429 e. The van der Waals surface area contributed by atoms with Crippen molar-refractivity contribution in [2.24, 2.45) is 5.41 Å². The lowest BCUT2D eigenvalue weighted by atomic mass is 9.76. The highest BCUT2D eigenvalue weighted by Gasteiger charge is 2.51. The number of benzene rings is 2. The molecule has 3 aliphatic heterocycles. The second kappa shape index (κ2) is 16.2. The molecule has 2 aromatic carbocycles. The van der Waals surface area contributed by atoms with Crippen LogP contribution < -0.4 is 20.7 Å². The number of nitrogens with one attached hydrogen (secondary N) is 1. The molecule has 0 saturated carbocycles. The van der Waals surface area contributed by atoms with Crippen molar-refractivity contribution in [1.82, 2.24) is 30.0 Å². The number of amides is 1. The number of hydrogen-bond acceptors (Lipinski definition) is 11. The van der Waals surface area contributed by atoms with E-state index in [1.807, 2.05) is 41.3 Å². The standard InChI is InChI=1S/C40H45F3N8O5/c1-3-54-36(52)32-23-39(25-50(32)38(53)55-24-27-7-5-4-6-8-27)14-19-49(20-15-39)33-22-34(47-37(44)46-33)56-35(40(41,42)43)30-10-9-29(28-11-16-45-17-12-28)21-31(30)51-18-13-26(2)48-51/h4-11,13,18,21-22,32,35,45H,3,12,14-17,19-20,23-25H2,1-2H3,(H2,44,46,47)/t32?,35-/m1/s1. The van der Waals surface area contributed by atoms with E-state index in [0.717, 1.165) is 29.7 Å². The van der Waals surface area contributed by atoms with Gasteiger partial charge in [-0.1, -0.05) is 48.5 Å². The second-order valence-electron chi connectivity index (χ2n) is 14.4. The molecule has 1 amide bonds. The molecular weight excluding hydrogens is 729 g/mol. The first-order valence-corrected chi connectivity index (χ1v) is 18.7. The zero-order valence-electron chi connectivity index (χ0n) is 31.3. The Labute approximate surface area is 322 Å². The Morgan fingerprint density at radius 3 is 2.52 bits per heavy atom. The van der Waals surface area contributed by atoms with Gasteiger partial charge in [-0.25, -0.2) is 14.3 Å².